The molecule has 4 aromatic carbocycles. The van der Waals surface area contributed by atoms with E-state index in [0.29, 0.717) is 11.3 Å². The molecule has 0 aliphatic heterocycles. The van der Waals surface area contributed by atoms with Crippen LogP contribution in [0.5, 0.6) is 11.5 Å². The van der Waals surface area contributed by atoms with E-state index in [1.54, 1.807) is 36.4 Å². The molecule has 0 aliphatic carbocycles. The molecule has 0 atom stereocenters. The monoisotopic (exact) mass is 495 g/mol. The van der Waals surface area contributed by atoms with E-state index in [2.05, 4.69) is 10.5 Å². The fraction of sp³-hybridized carbons (Fsp3) is 0.0357. The highest BCUT2D eigenvalue weighted by atomic mass is 16.6. The summed E-state index contributed by atoms with van der Waals surface area (Å²) in [5, 5.41) is 14.6. The normalized spacial score (nSPS) is 10.6. The Hall–Kier alpha value is -5.31. The zero-order chi connectivity index (χ0) is 26.0. The van der Waals surface area contributed by atoms with E-state index in [0.717, 1.165) is 11.1 Å². The highest BCUT2D eigenvalue weighted by molar-refractivity contribution is 5.91. The van der Waals surface area contributed by atoms with Gasteiger partial charge in [0, 0.05) is 12.1 Å². The molecular weight excluding hydrogens is 474 g/mol. The number of non-ortho nitro benzene ring substituents is 1. The minimum absolute atomic E-state index is 0.115. The lowest BCUT2D eigenvalue weighted by atomic mass is 10.1. The first-order valence-corrected chi connectivity index (χ1v) is 11.1. The molecule has 37 heavy (non-hydrogen) atoms. The van der Waals surface area contributed by atoms with Crippen LogP contribution in [0.4, 0.5) is 5.69 Å². The topological polar surface area (TPSA) is 120 Å². The fourth-order valence-electron chi connectivity index (χ4n) is 3.24. The highest BCUT2D eigenvalue weighted by Gasteiger charge is 2.11. The van der Waals surface area contributed by atoms with Gasteiger partial charge in [-0.05, 0) is 65.2 Å². The van der Waals surface area contributed by atoms with Crippen LogP contribution in [0.3, 0.4) is 0 Å². The average Bonchev–Trinajstić information content (AvgIpc) is 2.93. The van der Waals surface area contributed by atoms with Gasteiger partial charge in [0.1, 0.15) is 11.5 Å². The largest absolute Gasteiger partial charge is 0.484 e. The van der Waals surface area contributed by atoms with E-state index in [-0.39, 0.29) is 23.6 Å². The number of amides is 1. The lowest BCUT2D eigenvalue weighted by Crippen LogP contribution is -2.24. The number of esters is 1. The van der Waals surface area contributed by atoms with Crippen molar-refractivity contribution in [3.63, 3.8) is 0 Å². The van der Waals surface area contributed by atoms with E-state index in [1.807, 2.05) is 42.5 Å². The number of ether oxygens (including phenoxy) is 2. The average molecular weight is 495 g/mol. The van der Waals surface area contributed by atoms with E-state index in [4.69, 9.17) is 9.47 Å². The van der Waals surface area contributed by atoms with Gasteiger partial charge in [-0.3, -0.25) is 14.9 Å². The van der Waals surface area contributed by atoms with Gasteiger partial charge < -0.3 is 9.47 Å². The van der Waals surface area contributed by atoms with E-state index < -0.39 is 16.8 Å². The Morgan fingerprint density at radius 2 is 1.43 bits per heavy atom. The molecule has 0 unspecified atom stereocenters. The summed E-state index contributed by atoms with van der Waals surface area (Å²) < 4.78 is 10.8. The molecule has 1 amide bonds. The second-order valence-electron chi connectivity index (χ2n) is 7.73. The second-order valence-corrected chi connectivity index (χ2v) is 7.73. The zero-order valence-electron chi connectivity index (χ0n) is 19.4. The summed E-state index contributed by atoms with van der Waals surface area (Å²) in [7, 11) is 0. The molecule has 0 radical (unpaired) electrons. The van der Waals surface area contributed by atoms with Crippen LogP contribution in [0, 0.1) is 10.1 Å². The number of nitro groups is 1. The van der Waals surface area contributed by atoms with Crippen molar-refractivity contribution in [1.29, 1.82) is 0 Å². The number of hydrogen-bond acceptors (Lipinski definition) is 7. The molecule has 0 aromatic heterocycles. The summed E-state index contributed by atoms with van der Waals surface area (Å²) in [5.41, 5.74) is 5.27. The summed E-state index contributed by atoms with van der Waals surface area (Å²) in [6.07, 6.45) is 1.44. The van der Waals surface area contributed by atoms with Crippen molar-refractivity contribution in [2.45, 2.75) is 0 Å². The summed E-state index contributed by atoms with van der Waals surface area (Å²) in [5.74, 6) is -0.204. The molecule has 0 bridgehead atoms. The fourth-order valence-corrected chi connectivity index (χ4v) is 3.24. The molecule has 0 aliphatic rings. The molecule has 0 saturated carbocycles. The van der Waals surface area contributed by atoms with Gasteiger partial charge in [-0.25, -0.2) is 10.2 Å². The second kappa shape index (κ2) is 11.9. The molecule has 0 heterocycles. The van der Waals surface area contributed by atoms with Gasteiger partial charge in [0.2, 0.25) is 0 Å². The van der Waals surface area contributed by atoms with Gasteiger partial charge in [-0.2, -0.15) is 5.10 Å². The summed E-state index contributed by atoms with van der Waals surface area (Å²) in [6, 6.07) is 28.9. The third-order valence-corrected chi connectivity index (χ3v) is 5.14. The number of hydrazone groups is 1. The van der Waals surface area contributed by atoms with Crippen molar-refractivity contribution in [2.24, 2.45) is 5.10 Å². The van der Waals surface area contributed by atoms with Gasteiger partial charge in [0.25, 0.3) is 11.6 Å². The number of rotatable bonds is 9. The van der Waals surface area contributed by atoms with Crippen LogP contribution in [0.15, 0.2) is 108 Å². The quantitative estimate of drug-likeness (QED) is 0.115. The number of nitrogens with one attached hydrogen (secondary N) is 1. The molecule has 9 heteroatoms. The van der Waals surface area contributed by atoms with Crippen LogP contribution in [0.1, 0.15) is 15.9 Å². The first-order chi connectivity index (χ1) is 18.0. The molecule has 9 nitrogen and oxygen atoms in total. The smallest absolute Gasteiger partial charge is 0.343 e. The minimum atomic E-state index is -0.640. The number of nitro benzene ring substituents is 1. The minimum Gasteiger partial charge on any atom is -0.484 e. The van der Waals surface area contributed by atoms with Gasteiger partial charge in [-0.15, -0.1) is 0 Å². The molecule has 1 N–H and O–H groups in total. The zero-order valence-corrected chi connectivity index (χ0v) is 19.4. The lowest BCUT2D eigenvalue weighted by Gasteiger charge is -2.07. The van der Waals surface area contributed by atoms with Crippen LogP contribution in [0.2, 0.25) is 0 Å². The molecule has 0 spiro atoms. The molecule has 184 valence electrons. The number of hydrogen-bond donors (Lipinski definition) is 1. The van der Waals surface area contributed by atoms with Crippen molar-refractivity contribution >= 4 is 23.8 Å². The third kappa shape index (κ3) is 7.09. The maximum Gasteiger partial charge on any atom is 0.343 e. The van der Waals surface area contributed by atoms with Crippen molar-refractivity contribution < 1.29 is 24.0 Å². The molecule has 4 aromatic rings. The Morgan fingerprint density at radius 1 is 0.811 bits per heavy atom. The highest BCUT2D eigenvalue weighted by Crippen LogP contribution is 2.22. The lowest BCUT2D eigenvalue weighted by molar-refractivity contribution is -0.384. The van der Waals surface area contributed by atoms with Crippen LogP contribution in [-0.2, 0) is 4.79 Å². The SMILES string of the molecule is O=C(COc1ccc(-c2ccccc2)cc1)N/N=C/c1ccc(OC(=O)c2ccc([N+](=O)[O-])cc2)cc1. The van der Waals surface area contributed by atoms with Crippen molar-refractivity contribution in [3.05, 3.63) is 124 Å². The number of benzene rings is 4. The third-order valence-electron chi connectivity index (χ3n) is 5.14. The van der Waals surface area contributed by atoms with E-state index in [9.17, 15) is 19.7 Å². The van der Waals surface area contributed by atoms with Crippen molar-refractivity contribution in [1.82, 2.24) is 5.43 Å². The first kappa shape index (κ1) is 24.8. The van der Waals surface area contributed by atoms with Gasteiger partial charge in [0.15, 0.2) is 6.61 Å². The van der Waals surface area contributed by atoms with Crippen LogP contribution < -0.4 is 14.9 Å². The maximum absolute atomic E-state index is 12.2. The van der Waals surface area contributed by atoms with Crippen LogP contribution in [-0.4, -0.2) is 29.6 Å². The number of carbonyl (C=O) groups is 2. The predicted octanol–water partition coefficient (Wildman–Crippen LogP) is 5.01. The molecule has 0 saturated heterocycles. The molecular formula is C28H21N3O6. The first-order valence-electron chi connectivity index (χ1n) is 11.1. The van der Waals surface area contributed by atoms with Crippen LogP contribution in [0.25, 0.3) is 11.1 Å². The van der Waals surface area contributed by atoms with E-state index in [1.165, 1.54) is 30.5 Å². The van der Waals surface area contributed by atoms with Gasteiger partial charge in [-0.1, -0.05) is 42.5 Å². The Labute approximate surface area is 212 Å². The Bertz CT molecular complexity index is 1400. The molecule has 0 fully saturated rings. The summed E-state index contributed by atoms with van der Waals surface area (Å²) >= 11 is 0. The predicted molar refractivity (Wildman–Crippen MR) is 138 cm³/mol. The summed E-state index contributed by atoms with van der Waals surface area (Å²) in [4.78, 5) is 34.4. The molecule has 4 rings (SSSR count). The Morgan fingerprint density at radius 3 is 2.08 bits per heavy atom. The van der Waals surface area contributed by atoms with Crippen LogP contribution >= 0.6 is 0 Å². The van der Waals surface area contributed by atoms with Gasteiger partial charge in [0.05, 0.1) is 16.7 Å². The van der Waals surface area contributed by atoms with E-state index >= 15 is 0 Å². The van der Waals surface area contributed by atoms with Crippen molar-refractivity contribution in [2.75, 3.05) is 6.61 Å². The maximum atomic E-state index is 12.2. The Kier molecular flexibility index (Phi) is 7.97. The standard InChI is InChI=1S/C28H21N3O6/c32-27(19-36-25-16-10-22(11-17-25)21-4-2-1-3-5-21)30-29-18-20-6-14-26(15-7-20)37-28(33)23-8-12-24(13-9-23)31(34)35/h1-18H,19H2,(H,30,32)/b29-18+. The van der Waals surface area contributed by atoms with Gasteiger partial charge >= 0.3 is 5.97 Å². The number of nitrogens with zero attached hydrogens (tertiary/aromatic N) is 2. The number of carbonyl (C=O) groups excluding carboxylic acids is 2. The van der Waals surface area contributed by atoms with Crippen molar-refractivity contribution in [3.8, 4) is 22.6 Å². The summed E-state index contributed by atoms with van der Waals surface area (Å²) in [6.45, 7) is -0.195. The Balaban J connectivity index is 1.22.